The number of aryl methyl sites for hydroxylation is 2. The van der Waals surface area contributed by atoms with E-state index in [0.29, 0.717) is 11.4 Å². The molecule has 1 aliphatic heterocycles. The van der Waals surface area contributed by atoms with E-state index in [1.807, 2.05) is 50.2 Å². The van der Waals surface area contributed by atoms with Gasteiger partial charge in [0.05, 0.1) is 17.7 Å². The number of para-hydroxylation sites is 2. The van der Waals surface area contributed by atoms with Crippen LogP contribution >= 0.6 is 0 Å². The van der Waals surface area contributed by atoms with Crippen LogP contribution in [0, 0.1) is 13.8 Å². The highest BCUT2D eigenvalue weighted by molar-refractivity contribution is 7.89. The second-order valence-electron chi connectivity index (χ2n) is 6.85. The van der Waals surface area contributed by atoms with Gasteiger partial charge in [0.1, 0.15) is 5.75 Å². The average molecular weight is 375 g/mol. The molecule has 26 heavy (non-hydrogen) atoms. The molecule has 0 amide bonds. The number of nitrogens with one attached hydrogen (secondary N) is 1. The van der Waals surface area contributed by atoms with Gasteiger partial charge >= 0.3 is 0 Å². The molecule has 2 aromatic carbocycles. The Kier molecular flexibility index (Phi) is 5.53. The summed E-state index contributed by atoms with van der Waals surface area (Å²) in [5.41, 5.74) is 2.71. The molecule has 3 rings (SSSR count). The Balaban J connectivity index is 1.79. The number of sulfonamides is 1. The van der Waals surface area contributed by atoms with E-state index in [4.69, 9.17) is 4.74 Å². The Labute approximate surface area is 156 Å². The van der Waals surface area contributed by atoms with Crippen molar-refractivity contribution in [1.29, 1.82) is 0 Å². The first-order valence-corrected chi connectivity index (χ1v) is 10.4. The normalized spacial score (nSPS) is 18.0. The standard InChI is InChI=1S/C20H26N2O3S/c1-15-10-11-16(2)20(13-15)26(23,24)21-17-7-6-12-22(14-17)18-8-4-5-9-19(18)25-3/h4-5,8-11,13,17,21H,6-7,12,14H2,1-3H3. The van der Waals surface area contributed by atoms with Crippen LogP contribution in [-0.4, -0.2) is 34.7 Å². The van der Waals surface area contributed by atoms with E-state index in [-0.39, 0.29) is 6.04 Å². The van der Waals surface area contributed by atoms with Gasteiger partial charge in [-0.25, -0.2) is 13.1 Å². The van der Waals surface area contributed by atoms with Crippen molar-refractivity contribution in [2.24, 2.45) is 0 Å². The maximum absolute atomic E-state index is 12.9. The van der Waals surface area contributed by atoms with Crippen molar-refractivity contribution < 1.29 is 13.2 Å². The number of ether oxygens (including phenoxy) is 1. The fourth-order valence-electron chi connectivity index (χ4n) is 3.46. The number of benzene rings is 2. The number of hydrogen-bond donors (Lipinski definition) is 1. The third kappa shape index (κ3) is 4.02. The number of hydrogen-bond acceptors (Lipinski definition) is 4. The minimum atomic E-state index is -3.54. The van der Waals surface area contributed by atoms with Gasteiger partial charge in [-0.3, -0.25) is 0 Å². The molecule has 0 aliphatic carbocycles. The largest absolute Gasteiger partial charge is 0.495 e. The summed E-state index contributed by atoms with van der Waals surface area (Å²) >= 11 is 0. The molecule has 1 atom stereocenters. The highest BCUT2D eigenvalue weighted by atomic mass is 32.2. The van der Waals surface area contributed by atoms with Crippen molar-refractivity contribution in [3.8, 4) is 5.75 Å². The van der Waals surface area contributed by atoms with Gasteiger partial charge in [-0.05, 0) is 56.0 Å². The summed E-state index contributed by atoms with van der Waals surface area (Å²) in [4.78, 5) is 2.56. The Morgan fingerprint density at radius 3 is 2.69 bits per heavy atom. The third-order valence-corrected chi connectivity index (χ3v) is 6.46. The van der Waals surface area contributed by atoms with Gasteiger partial charge in [0.2, 0.25) is 10.0 Å². The van der Waals surface area contributed by atoms with Crippen LogP contribution in [0.2, 0.25) is 0 Å². The van der Waals surface area contributed by atoms with Gasteiger partial charge in [0, 0.05) is 19.1 Å². The number of nitrogens with zero attached hydrogens (tertiary/aromatic N) is 1. The highest BCUT2D eigenvalue weighted by Gasteiger charge is 2.27. The van der Waals surface area contributed by atoms with Crippen LogP contribution in [0.3, 0.4) is 0 Å². The number of anilines is 1. The van der Waals surface area contributed by atoms with Crippen LogP contribution in [0.15, 0.2) is 47.4 Å². The van der Waals surface area contributed by atoms with Crippen LogP contribution in [0.4, 0.5) is 5.69 Å². The number of piperidine rings is 1. The maximum atomic E-state index is 12.9. The molecule has 1 N–H and O–H groups in total. The number of methoxy groups -OCH3 is 1. The second-order valence-corrected chi connectivity index (χ2v) is 8.53. The predicted molar refractivity (Wildman–Crippen MR) is 104 cm³/mol. The molecule has 1 heterocycles. The molecule has 6 heteroatoms. The molecule has 140 valence electrons. The summed E-state index contributed by atoms with van der Waals surface area (Å²) in [5.74, 6) is 0.811. The molecule has 2 aromatic rings. The fourth-order valence-corrected chi connectivity index (χ4v) is 5.05. The summed E-state index contributed by atoms with van der Waals surface area (Å²) in [6.07, 6.45) is 1.76. The first-order chi connectivity index (χ1) is 12.4. The molecule has 0 bridgehead atoms. The minimum absolute atomic E-state index is 0.126. The zero-order chi connectivity index (χ0) is 18.7. The van der Waals surface area contributed by atoms with Crippen LogP contribution in [0.1, 0.15) is 24.0 Å². The van der Waals surface area contributed by atoms with Crippen LogP contribution in [0.25, 0.3) is 0 Å². The Bertz CT molecular complexity index is 880. The van der Waals surface area contributed by atoms with Gasteiger partial charge in [-0.1, -0.05) is 24.3 Å². The van der Waals surface area contributed by atoms with E-state index in [1.165, 1.54) is 0 Å². The minimum Gasteiger partial charge on any atom is -0.495 e. The van der Waals surface area contributed by atoms with E-state index in [0.717, 1.165) is 42.0 Å². The maximum Gasteiger partial charge on any atom is 0.241 e. The lowest BCUT2D eigenvalue weighted by Crippen LogP contribution is -2.47. The predicted octanol–water partition coefficient (Wildman–Crippen LogP) is 3.26. The van der Waals surface area contributed by atoms with Gasteiger partial charge in [0.25, 0.3) is 0 Å². The third-order valence-electron chi connectivity index (χ3n) is 4.80. The summed E-state index contributed by atoms with van der Waals surface area (Å²) < 4.78 is 34.1. The van der Waals surface area contributed by atoms with Gasteiger partial charge in [-0.2, -0.15) is 0 Å². The highest BCUT2D eigenvalue weighted by Crippen LogP contribution is 2.30. The van der Waals surface area contributed by atoms with Crippen molar-refractivity contribution in [3.05, 3.63) is 53.6 Å². The fraction of sp³-hybridized carbons (Fsp3) is 0.400. The monoisotopic (exact) mass is 374 g/mol. The Hall–Kier alpha value is -2.05. The lowest BCUT2D eigenvalue weighted by Gasteiger charge is -2.35. The van der Waals surface area contributed by atoms with E-state index in [2.05, 4.69) is 9.62 Å². The van der Waals surface area contributed by atoms with E-state index >= 15 is 0 Å². The van der Waals surface area contributed by atoms with E-state index in [1.54, 1.807) is 13.2 Å². The topological polar surface area (TPSA) is 58.6 Å². The summed E-state index contributed by atoms with van der Waals surface area (Å²) in [7, 11) is -1.89. The van der Waals surface area contributed by atoms with Crippen molar-refractivity contribution in [3.63, 3.8) is 0 Å². The lowest BCUT2D eigenvalue weighted by molar-refractivity contribution is 0.409. The first-order valence-electron chi connectivity index (χ1n) is 8.88. The molecule has 0 radical (unpaired) electrons. The molecule has 1 saturated heterocycles. The average Bonchev–Trinajstić information content (AvgIpc) is 2.63. The van der Waals surface area contributed by atoms with E-state index < -0.39 is 10.0 Å². The smallest absolute Gasteiger partial charge is 0.241 e. The van der Waals surface area contributed by atoms with Gasteiger partial charge in [0.15, 0.2) is 0 Å². The van der Waals surface area contributed by atoms with Crippen molar-refractivity contribution in [1.82, 2.24) is 4.72 Å². The van der Waals surface area contributed by atoms with Crippen molar-refractivity contribution in [2.75, 3.05) is 25.1 Å². The summed E-state index contributed by atoms with van der Waals surface area (Å²) in [6, 6.07) is 13.2. The van der Waals surface area contributed by atoms with E-state index in [9.17, 15) is 8.42 Å². The first kappa shape index (κ1) is 18.7. The summed E-state index contributed by atoms with van der Waals surface area (Å²) in [5, 5.41) is 0. The molecular formula is C20H26N2O3S. The lowest BCUT2D eigenvalue weighted by atomic mass is 10.1. The van der Waals surface area contributed by atoms with Crippen molar-refractivity contribution in [2.45, 2.75) is 37.6 Å². The van der Waals surface area contributed by atoms with Crippen LogP contribution < -0.4 is 14.4 Å². The van der Waals surface area contributed by atoms with Crippen molar-refractivity contribution >= 4 is 15.7 Å². The molecular weight excluding hydrogens is 348 g/mol. The molecule has 5 nitrogen and oxygen atoms in total. The zero-order valence-corrected chi connectivity index (χ0v) is 16.3. The zero-order valence-electron chi connectivity index (χ0n) is 15.5. The molecule has 1 fully saturated rings. The Morgan fingerprint density at radius 2 is 1.92 bits per heavy atom. The summed E-state index contributed by atoms with van der Waals surface area (Å²) in [6.45, 7) is 5.25. The van der Waals surface area contributed by atoms with Crippen LogP contribution in [-0.2, 0) is 10.0 Å². The molecule has 1 aliphatic rings. The van der Waals surface area contributed by atoms with Crippen LogP contribution in [0.5, 0.6) is 5.75 Å². The van der Waals surface area contributed by atoms with Gasteiger partial charge in [-0.15, -0.1) is 0 Å². The number of rotatable bonds is 5. The van der Waals surface area contributed by atoms with Gasteiger partial charge < -0.3 is 9.64 Å². The molecule has 1 unspecified atom stereocenters. The molecule has 0 saturated carbocycles. The molecule has 0 aromatic heterocycles. The SMILES string of the molecule is COc1ccccc1N1CCCC(NS(=O)(=O)c2cc(C)ccc2C)C1. The second kappa shape index (κ2) is 7.68. The molecule has 0 spiro atoms. The quantitative estimate of drug-likeness (QED) is 0.873. The Morgan fingerprint density at radius 1 is 1.15 bits per heavy atom.